The first-order valence-corrected chi connectivity index (χ1v) is 14.4. The van der Waals surface area contributed by atoms with E-state index in [-0.39, 0.29) is 46.8 Å². The van der Waals surface area contributed by atoms with Gasteiger partial charge < -0.3 is 31.3 Å². The van der Waals surface area contributed by atoms with E-state index in [0.29, 0.717) is 12.8 Å². The molecule has 0 aliphatic carbocycles. The van der Waals surface area contributed by atoms with Crippen LogP contribution in [0, 0.1) is 0 Å². The molecule has 3 aliphatic rings. The Balaban J connectivity index is 1.07. The van der Waals surface area contributed by atoms with E-state index in [1.54, 1.807) is 11.8 Å². The first-order valence-electron chi connectivity index (χ1n) is 12.0. The van der Waals surface area contributed by atoms with Crippen LogP contribution in [0.2, 0.25) is 0 Å². The first-order chi connectivity index (χ1) is 18.1. The molecule has 0 bridgehead atoms. The number of nitrogens with one attached hydrogen (secondary N) is 3. The van der Waals surface area contributed by atoms with E-state index >= 15 is 0 Å². The Morgan fingerprint density at radius 1 is 1.26 bits per heavy atom. The van der Waals surface area contributed by atoms with Crippen LogP contribution in [-0.4, -0.2) is 98.1 Å². The molecule has 2 aromatic rings. The quantitative estimate of drug-likeness (QED) is 0.135. The maximum atomic E-state index is 12.3. The molecule has 7 N–H and O–H groups in total. The van der Waals surface area contributed by atoms with Crippen molar-refractivity contribution in [2.75, 3.05) is 18.1 Å². The fourth-order valence-electron chi connectivity index (χ4n) is 4.80. The van der Waals surface area contributed by atoms with Crippen LogP contribution in [0.1, 0.15) is 31.9 Å². The number of aliphatic hydroxyl groups is 2. The van der Waals surface area contributed by atoms with Crippen LogP contribution in [-0.2, 0) is 24.0 Å². The molecular formula is C20H28N8O8S2. The number of anilines is 1. The number of aliphatic hydroxyl groups excluding tert-OH is 2. The van der Waals surface area contributed by atoms with Gasteiger partial charge in [0.15, 0.2) is 17.7 Å². The SMILES string of the molecule is Nc1ncnc2c1ncn2[C@@H]1O[C@H](COS(=O)(=O)NC(=O)CCCCC2SCC3NC(=O)NC32)[C@@H](O)[C@H]1O. The summed E-state index contributed by atoms with van der Waals surface area (Å²) >= 11 is 1.76. The highest BCUT2D eigenvalue weighted by atomic mass is 32.2. The predicted molar refractivity (Wildman–Crippen MR) is 133 cm³/mol. The van der Waals surface area contributed by atoms with Crippen molar-refractivity contribution in [1.82, 2.24) is 34.9 Å². The Morgan fingerprint density at radius 3 is 2.89 bits per heavy atom. The van der Waals surface area contributed by atoms with Gasteiger partial charge in [-0.05, 0) is 12.8 Å². The topological polar surface area (TPSA) is 233 Å². The summed E-state index contributed by atoms with van der Waals surface area (Å²) in [5.74, 6) is 0.225. The summed E-state index contributed by atoms with van der Waals surface area (Å²) in [6, 6.07) is 0.0274. The maximum Gasteiger partial charge on any atom is 0.362 e. The van der Waals surface area contributed by atoms with Gasteiger partial charge in [-0.3, -0.25) is 13.5 Å². The average Bonchev–Trinajstić information content (AvgIpc) is 3.61. The number of imidazole rings is 1. The molecule has 0 saturated carbocycles. The number of nitrogens with two attached hydrogens (primary N) is 1. The number of thioether (sulfide) groups is 1. The molecular weight excluding hydrogens is 544 g/mol. The predicted octanol–water partition coefficient (Wildman–Crippen LogP) is -1.87. The van der Waals surface area contributed by atoms with Gasteiger partial charge in [-0.25, -0.2) is 24.5 Å². The lowest BCUT2D eigenvalue weighted by Gasteiger charge is -2.16. The Bertz CT molecular complexity index is 1310. The number of unbranched alkanes of at least 4 members (excludes halogenated alkanes) is 1. The van der Waals surface area contributed by atoms with Crippen LogP contribution in [0.25, 0.3) is 11.2 Å². The monoisotopic (exact) mass is 572 g/mol. The van der Waals surface area contributed by atoms with Crippen molar-refractivity contribution in [3.63, 3.8) is 0 Å². The smallest absolute Gasteiger partial charge is 0.362 e. The van der Waals surface area contributed by atoms with Gasteiger partial charge >= 0.3 is 16.3 Å². The van der Waals surface area contributed by atoms with Crippen molar-refractivity contribution >= 4 is 51.0 Å². The molecule has 3 saturated heterocycles. The molecule has 2 aromatic heterocycles. The van der Waals surface area contributed by atoms with Crippen LogP contribution < -0.4 is 21.1 Å². The molecule has 3 aliphatic heterocycles. The Morgan fingerprint density at radius 2 is 2.08 bits per heavy atom. The van der Waals surface area contributed by atoms with Crippen LogP contribution in [0.3, 0.4) is 0 Å². The van der Waals surface area contributed by atoms with E-state index in [2.05, 4.69) is 25.6 Å². The lowest BCUT2D eigenvalue weighted by Crippen LogP contribution is -2.38. The standard InChI is InChI=1S/C20H28N8O8S2/c21-17-14-18(23-7-22-17)28(8-24-14)19-16(31)15(30)10(36-19)5-35-38(33,34)27-12(29)4-2-1-3-11-13-9(6-37-11)25-20(32)26-13/h7-11,13,15-16,19,30-31H,1-6H2,(H,27,29)(H2,21,22,23)(H2,25,26,32)/t9?,10-,11?,13?,15-,16-,19-/m1/s1. The van der Waals surface area contributed by atoms with Crippen LogP contribution in [0.5, 0.6) is 0 Å². The van der Waals surface area contributed by atoms with Gasteiger partial charge in [0.2, 0.25) is 5.91 Å². The van der Waals surface area contributed by atoms with Gasteiger partial charge in [-0.1, -0.05) is 6.42 Å². The number of ether oxygens (including phenoxy) is 1. The number of hydrogen-bond donors (Lipinski definition) is 6. The van der Waals surface area contributed by atoms with Gasteiger partial charge in [-0.15, -0.1) is 0 Å². The number of aromatic nitrogens is 4. The number of carbonyl (C=O) groups is 2. The lowest BCUT2D eigenvalue weighted by molar-refractivity contribution is -0.119. The summed E-state index contributed by atoms with van der Waals surface area (Å²) in [7, 11) is -4.48. The lowest BCUT2D eigenvalue weighted by atomic mass is 10.0. The van der Waals surface area contributed by atoms with Gasteiger partial charge in [0.1, 0.15) is 30.2 Å². The van der Waals surface area contributed by atoms with Gasteiger partial charge in [-0.2, -0.15) is 20.2 Å². The molecule has 0 radical (unpaired) electrons. The molecule has 0 aromatic carbocycles. The van der Waals surface area contributed by atoms with Crippen molar-refractivity contribution < 1.29 is 37.1 Å². The number of urea groups is 1. The molecule has 3 fully saturated rings. The fourth-order valence-corrected chi connectivity index (χ4v) is 7.10. The van der Waals surface area contributed by atoms with E-state index < -0.39 is 47.4 Å². The minimum atomic E-state index is -4.48. The van der Waals surface area contributed by atoms with Crippen molar-refractivity contribution in [2.45, 2.75) is 67.6 Å². The van der Waals surface area contributed by atoms with Crippen LogP contribution >= 0.6 is 11.8 Å². The third kappa shape index (κ3) is 5.50. The fraction of sp³-hybridized carbons (Fsp3) is 0.650. The summed E-state index contributed by atoms with van der Waals surface area (Å²) in [6.07, 6.45) is -0.884. The molecule has 38 heavy (non-hydrogen) atoms. The molecule has 16 nitrogen and oxygen atoms in total. The second-order valence-electron chi connectivity index (χ2n) is 9.26. The Labute approximate surface area is 221 Å². The average molecular weight is 573 g/mol. The summed E-state index contributed by atoms with van der Waals surface area (Å²) < 4.78 is 38.2. The number of fused-ring (bicyclic) bond motifs is 2. The molecule has 5 heterocycles. The largest absolute Gasteiger partial charge is 0.387 e. The zero-order valence-electron chi connectivity index (χ0n) is 20.0. The molecule has 0 spiro atoms. The first kappa shape index (κ1) is 26.8. The summed E-state index contributed by atoms with van der Waals surface area (Å²) in [4.78, 5) is 35.6. The molecule has 7 atom stereocenters. The van der Waals surface area contributed by atoms with Crippen molar-refractivity contribution in [2.24, 2.45) is 0 Å². The number of carbonyl (C=O) groups excluding carboxylic acids is 2. The van der Waals surface area contributed by atoms with Gasteiger partial charge in [0, 0.05) is 17.4 Å². The molecule has 208 valence electrons. The highest BCUT2D eigenvalue weighted by Crippen LogP contribution is 2.34. The van der Waals surface area contributed by atoms with E-state index in [1.807, 2.05) is 4.72 Å². The highest BCUT2D eigenvalue weighted by molar-refractivity contribution is 8.00. The van der Waals surface area contributed by atoms with Gasteiger partial charge in [0.05, 0.1) is 25.0 Å². The summed E-state index contributed by atoms with van der Waals surface area (Å²) in [6.45, 7) is -0.650. The van der Waals surface area contributed by atoms with E-state index in [4.69, 9.17) is 14.7 Å². The van der Waals surface area contributed by atoms with E-state index in [1.165, 1.54) is 17.2 Å². The minimum absolute atomic E-state index is 0.0271. The second kappa shape index (κ2) is 10.8. The second-order valence-corrected chi connectivity index (χ2v) is 11.9. The zero-order valence-corrected chi connectivity index (χ0v) is 21.6. The van der Waals surface area contributed by atoms with Crippen LogP contribution in [0.15, 0.2) is 12.7 Å². The third-order valence-electron chi connectivity index (χ3n) is 6.71. The van der Waals surface area contributed by atoms with Crippen molar-refractivity contribution in [3.8, 4) is 0 Å². The van der Waals surface area contributed by atoms with E-state index in [0.717, 1.165) is 12.2 Å². The minimum Gasteiger partial charge on any atom is -0.387 e. The molecule has 18 heteroatoms. The van der Waals surface area contributed by atoms with Crippen LogP contribution in [0.4, 0.5) is 10.6 Å². The number of amides is 3. The Hall–Kier alpha value is -2.77. The van der Waals surface area contributed by atoms with Crippen molar-refractivity contribution in [3.05, 3.63) is 12.7 Å². The van der Waals surface area contributed by atoms with Crippen molar-refractivity contribution in [1.29, 1.82) is 0 Å². The number of rotatable bonds is 10. The molecule has 3 amide bonds. The highest BCUT2D eigenvalue weighted by Gasteiger charge is 2.45. The molecule has 3 unspecified atom stereocenters. The summed E-state index contributed by atoms with van der Waals surface area (Å²) in [5, 5.41) is 26.9. The maximum absolute atomic E-state index is 12.3. The number of nitrogens with zero attached hydrogens (tertiary/aromatic N) is 4. The summed E-state index contributed by atoms with van der Waals surface area (Å²) in [5.41, 5.74) is 6.29. The normalized spacial score (nSPS) is 30.8. The Kier molecular flexibility index (Phi) is 7.60. The number of hydrogen-bond acceptors (Lipinski definition) is 13. The zero-order chi connectivity index (χ0) is 27.0. The van der Waals surface area contributed by atoms with Gasteiger partial charge in [0.25, 0.3) is 0 Å². The number of nitrogen functional groups attached to an aromatic ring is 1. The van der Waals surface area contributed by atoms with E-state index in [9.17, 15) is 28.2 Å². The molecule has 5 rings (SSSR count). The third-order valence-corrected chi connectivity index (χ3v) is 9.14.